The van der Waals surface area contributed by atoms with E-state index >= 15 is 0 Å². The molecule has 1 heterocycles. The van der Waals surface area contributed by atoms with E-state index in [0.717, 1.165) is 0 Å². The molecule has 1 aliphatic heterocycles. The van der Waals surface area contributed by atoms with Crippen molar-refractivity contribution in [3.63, 3.8) is 0 Å². The molecule has 0 amide bonds. The standard InChI is InChI=1S/C11H16O5/c1-4-14-10(12)8(11(13)15-5-2)6-9-7(3)16-9/h6-7,9H,4-5H2,1-3H3. The van der Waals surface area contributed by atoms with E-state index in [2.05, 4.69) is 0 Å². The van der Waals surface area contributed by atoms with Crippen LogP contribution in [-0.2, 0) is 23.8 Å². The Kier molecular flexibility index (Phi) is 4.49. The predicted octanol–water partition coefficient (Wildman–Crippen LogP) is 0.826. The second kappa shape index (κ2) is 5.65. The average Bonchev–Trinajstić information content (AvgIpc) is 2.91. The van der Waals surface area contributed by atoms with Gasteiger partial charge >= 0.3 is 11.9 Å². The fraction of sp³-hybridized carbons (Fsp3) is 0.636. The maximum atomic E-state index is 11.5. The fourth-order valence-electron chi connectivity index (χ4n) is 1.18. The van der Waals surface area contributed by atoms with Crippen LogP contribution in [0.4, 0.5) is 0 Å². The molecule has 1 fully saturated rings. The summed E-state index contributed by atoms with van der Waals surface area (Å²) in [4.78, 5) is 23.0. The van der Waals surface area contributed by atoms with Gasteiger partial charge in [0.15, 0.2) is 0 Å². The summed E-state index contributed by atoms with van der Waals surface area (Å²) in [5.74, 6) is -1.33. The van der Waals surface area contributed by atoms with Gasteiger partial charge in [-0.2, -0.15) is 0 Å². The summed E-state index contributed by atoms with van der Waals surface area (Å²) in [6.45, 7) is 5.65. The topological polar surface area (TPSA) is 65.1 Å². The monoisotopic (exact) mass is 228 g/mol. The van der Waals surface area contributed by atoms with Crippen molar-refractivity contribution in [2.75, 3.05) is 13.2 Å². The summed E-state index contributed by atoms with van der Waals surface area (Å²) in [6.07, 6.45) is 1.31. The lowest BCUT2D eigenvalue weighted by Gasteiger charge is -2.05. The summed E-state index contributed by atoms with van der Waals surface area (Å²) >= 11 is 0. The Morgan fingerprint density at radius 3 is 1.94 bits per heavy atom. The molecule has 1 saturated heterocycles. The Hall–Kier alpha value is -1.36. The Morgan fingerprint density at radius 1 is 1.19 bits per heavy atom. The normalized spacial score (nSPS) is 22.2. The molecular formula is C11H16O5. The van der Waals surface area contributed by atoms with E-state index in [-0.39, 0.29) is 31.0 Å². The summed E-state index contributed by atoms with van der Waals surface area (Å²) in [6, 6.07) is 0. The van der Waals surface area contributed by atoms with E-state index in [0.29, 0.717) is 0 Å². The van der Waals surface area contributed by atoms with Crippen LogP contribution < -0.4 is 0 Å². The van der Waals surface area contributed by atoms with Crippen LogP contribution in [0.3, 0.4) is 0 Å². The van der Waals surface area contributed by atoms with Crippen molar-refractivity contribution in [3.05, 3.63) is 11.6 Å². The molecule has 5 heteroatoms. The number of hydrogen-bond acceptors (Lipinski definition) is 5. The lowest BCUT2D eigenvalue weighted by Crippen LogP contribution is -2.19. The molecule has 0 aromatic carbocycles. The minimum atomic E-state index is -0.663. The smallest absolute Gasteiger partial charge is 0.345 e. The molecule has 0 N–H and O–H groups in total. The van der Waals surface area contributed by atoms with Crippen LogP contribution in [0.15, 0.2) is 11.6 Å². The number of carbonyl (C=O) groups excluding carboxylic acids is 2. The van der Waals surface area contributed by atoms with Crippen LogP contribution in [0, 0.1) is 0 Å². The van der Waals surface area contributed by atoms with Gasteiger partial charge in [-0.15, -0.1) is 0 Å². The van der Waals surface area contributed by atoms with Crippen LogP contribution in [0.5, 0.6) is 0 Å². The zero-order valence-corrected chi connectivity index (χ0v) is 9.69. The molecular weight excluding hydrogens is 212 g/mol. The van der Waals surface area contributed by atoms with Gasteiger partial charge in [0, 0.05) is 0 Å². The fourth-order valence-corrected chi connectivity index (χ4v) is 1.18. The molecule has 0 saturated carbocycles. The second-order valence-corrected chi connectivity index (χ2v) is 3.33. The summed E-state index contributed by atoms with van der Waals surface area (Å²) < 4.78 is 14.7. The Bertz CT molecular complexity index is 287. The van der Waals surface area contributed by atoms with Gasteiger partial charge in [0.1, 0.15) is 11.7 Å². The van der Waals surface area contributed by atoms with Crippen molar-refractivity contribution in [1.82, 2.24) is 0 Å². The Labute approximate surface area is 94.4 Å². The van der Waals surface area contributed by atoms with Crippen LogP contribution in [0.1, 0.15) is 20.8 Å². The number of hydrogen-bond donors (Lipinski definition) is 0. The molecule has 0 aliphatic carbocycles. The van der Waals surface area contributed by atoms with Crippen LogP contribution in [-0.4, -0.2) is 37.4 Å². The van der Waals surface area contributed by atoms with Crippen molar-refractivity contribution in [1.29, 1.82) is 0 Å². The van der Waals surface area contributed by atoms with Crippen molar-refractivity contribution in [2.45, 2.75) is 33.0 Å². The van der Waals surface area contributed by atoms with E-state index in [1.807, 2.05) is 6.92 Å². The molecule has 0 spiro atoms. The van der Waals surface area contributed by atoms with Crippen LogP contribution in [0.2, 0.25) is 0 Å². The number of esters is 2. The highest BCUT2D eigenvalue weighted by Gasteiger charge is 2.35. The highest BCUT2D eigenvalue weighted by atomic mass is 16.6. The van der Waals surface area contributed by atoms with Crippen LogP contribution in [0.25, 0.3) is 0 Å². The molecule has 90 valence electrons. The van der Waals surface area contributed by atoms with Gasteiger partial charge in [-0.3, -0.25) is 0 Å². The quantitative estimate of drug-likeness (QED) is 0.229. The zero-order valence-electron chi connectivity index (χ0n) is 9.69. The zero-order chi connectivity index (χ0) is 12.1. The van der Waals surface area contributed by atoms with Gasteiger partial charge in [0.2, 0.25) is 0 Å². The van der Waals surface area contributed by atoms with E-state index in [4.69, 9.17) is 14.2 Å². The minimum Gasteiger partial charge on any atom is -0.462 e. The van der Waals surface area contributed by atoms with E-state index in [1.165, 1.54) is 6.08 Å². The van der Waals surface area contributed by atoms with Gasteiger partial charge < -0.3 is 14.2 Å². The minimum absolute atomic E-state index is 0.0406. The maximum Gasteiger partial charge on any atom is 0.345 e. The molecule has 2 atom stereocenters. The number of rotatable bonds is 5. The van der Waals surface area contributed by atoms with E-state index < -0.39 is 11.9 Å². The lowest BCUT2D eigenvalue weighted by molar-refractivity contribution is -0.146. The highest BCUT2D eigenvalue weighted by Crippen LogP contribution is 2.24. The largest absolute Gasteiger partial charge is 0.462 e. The van der Waals surface area contributed by atoms with Crippen molar-refractivity contribution in [3.8, 4) is 0 Å². The molecule has 5 nitrogen and oxygen atoms in total. The first-order valence-corrected chi connectivity index (χ1v) is 5.31. The third-order valence-electron chi connectivity index (χ3n) is 2.08. The Morgan fingerprint density at radius 2 is 1.62 bits per heavy atom. The predicted molar refractivity (Wildman–Crippen MR) is 55.7 cm³/mol. The maximum absolute atomic E-state index is 11.5. The summed E-state index contributed by atoms with van der Waals surface area (Å²) in [7, 11) is 0. The first-order chi connectivity index (χ1) is 7.60. The SMILES string of the molecule is CCOC(=O)C(=CC1OC1C)C(=O)OCC. The van der Waals surface area contributed by atoms with E-state index in [1.54, 1.807) is 13.8 Å². The first-order valence-electron chi connectivity index (χ1n) is 5.31. The number of ether oxygens (including phenoxy) is 3. The molecule has 0 aromatic rings. The lowest BCUT2D eigenvalue weighted by atomic mass is 10.2. The molecule has 2 unspecified atom stereocenters. The molecule has 1 rings (SSSR count). The Balaban J connectivity index is 2.72. The highest BCUT2D eigenvalue weighted by molar-refractivity contribution is 6.14. The summed E-state index contributed by atoms with van der Waals surface area (Å²) in [5.41, 5.74) is -0.0851. The number of epoxide rings is 1. The third kappa shape index (κ3) is 3.34. The van der Waals surface area contributed by atoms with Crippen molar-refractivity contribution in [2.24, 2.45) is 0 Å². The summed E-state index contributed by atoms with van der Waals surface area (Å²) in [5, 5.41) is 0. The van der Waals surface area contributed by atoms with Crippen LogP contribution >= 0.6 is 0 Å². The molecule has 0 radical (unpaired) electrons. The van der Waals surface area contributed by atoms with Crippen molar-refractivity contribution >= 4 is 11.9 Å². The van der Waals surface area contributed by atoms with Gasteiger partial charge in [0.05, 0.1) is 19.3 Å². The van der Waals surface area contributed by atoms with Gasteiger partial charge in [0.25, 0.3) is 0 Å². The van der Waals surface area contributed by atoms with Gasteiger partial charge in [-0.05, 0) is 26.8 Å². The molecule has 1 aliphatic rings. The second-order valence-electron chi connectivity index (χ2n) is 3.33. The van der Waals surface area contributed by atoms with Gasteiger partial charge in [-0.25, -0.2) is 9.59 Å². The molecule has 0 bridgehead atoms. The van der Waals surface area contributed by atoms with Crippen molar-refractivity contribution < 1.29 is 23.8 Å². The third-order valence-corrected chi connectivity index (χ3v) is 2.08. The first kappa shape index (κ1) is 12.7. The average molecular weight is 228 g/mol. The molecule has 16 heavy (non-hydrogen) atoms. The molecule has 0 aromatic heterocycles. The van der Waals surface area contributed by atoms with Gasteiger partial charge in [-0.1, -0.05) is 0 Å². The van der Waals surface area contributed by atoms with E-state index in [9.17, 15) is 9.59 Å². The number of carbonyl (C=O) groups is 2.